The quantitative estimate of drug-likeness (QED) is 0.0926. The largest absolute Gasteiger partial charge is 0.472 e. The Morgan fingerprint density at radius 1 is 1.02 bits per heavy atom. The van der Waals surface area contributed by atoms with Crippen LogP contribution < -0.4 is 17.0 Å². The molecule has 0 bridgehead atoms. The van der Waals surface area contributed by atoms with Crippen LogP contribution in [-0.2, 0) is 23.1 Å². The highest BCUT2D eigenvalue weighted by Gasteiger charge is 2.50. The molecule has 9 atom stereocenters. The van der Waals surface area contributed by atoms with Gasteiger partial charge in [-0.2, -0.15) is 4.98 Å². The van der Waals surface area contributed by atoms with E-state index in [0.29, 0.717) is 11.0 Å². The molecule has 42 heavy (non-hydrogen) atoms. The van der Waals surface area contributed by atoms with Crippen LogP contribution in [0.15, 0.2) is 29.7 Å². The number of hydrogen-bond donors (Lipinski definition) is 8. The van der Waals surface area contributed by atoms with E-state index in [0.717, 1.165) is 10.9 Å². The zero-order chi connectivity index (χ0) is 29.9. The molecule has 0 aliphatic carbocycles. The summed E-state index contributed by atoms with van der Waals surface area (Å²) in [6.07, 6.45) is -7.57. The fourth-order valence-electron chi connectivity index (χ4n) is 4.98. The minimum absolute atomic E-state index is 0.0820. The second kappa shape index (κ2) is 10.6. The third-order valence-corrected chi connectivity index (χ3v) is 8.01. The molecule has 0 radical (unpaired) electrons. The second-order valence-corrected chi connectivity index (χ2v) is 11.0. The Kier molecular flexibility index (Phi) is 7.22. The van der Waals surface area contributed by atoms with Crippen LogP contribution in [0, 0.1) is 0 Å². The lowest BCUT2D eigenvalue weighted by Gasteiger charge is -2.24. The zero-order valence-electron chi connectivity index (χ0n) is 21.3. The molecular formula is C21H26N9O11P. The first-order valence-electron chi connectivity index (χ1n) is 12.4. The average molecular weight is 611 g/mol. The van der Waals surface area contributed by atoms with E-state index < -0.39 is 75.7 Å². The first-order chi connectivity index (χ1) is 20.0. The first-order valence-corrected chi connectivity index (χ1v) is 13.9. The monoisotopic (exact) mass is 611 g/mol. The number of aromatic nitrogens is 7. The van der Waals surface area contributed by atoms with Crippen molar-refractivity contribution in [2.75, 3.05) is 24.7 Å². The number of rotatable bonds is 8. The van der Waals surface area contributed by atoms with E-state index in [4.69, 9.17) is 30.0 Å². The summed E-state index contributed by atoms with van der Waals surface area (Å²) in [5.41, 5.74) is 10.9. The van der Waals surface area contributed by atoms with E-state index in [9.17, 15) is 34.7 Å². The molecule has 226 valence electrons. The maximum atomic E-state index is 13.0. The van der Waals surface area contributed by atoms with Gasteiger partial charge in [0.15, 0.2) is 23.6 Å². The Morgan fingerprint density at radius 2 is 1.79 bits per heavy atom. The van der Waals surface area contributed by atoms with Gasteiger partial charge in [-0.05, 0) is 6.07 Å². The first kappa shape index (κ1) is 28.6. The number of fused-ring (bicyclic) bond motifs is 2. The molecule has 0 spiro atoms. The van der Waals surface area contributed by atoms with E-state index >= 15 is 0 Å². The lowest BCUT2D eigenvalue weighted by atomic mass is 10.1. The standard InChI is InChI=1S/C21H26N9O11P/c22-15-7-1-2-29(16(7)25-5-24-15)19-13(34)11(32)9(40-19)4-38-42(36,37)41-14-12(33)8(3-31)39-20(14)30-6-26-10-17(30)27-21(23)28-18(10)35/h1-2,5-6,8-9,11-14,19-20,31-34H,3-4H2,(H,36,37)(H2,22,24,25)(H3,23,27,28,35)/t8-,9-,11-,12-,13-,14-,19-,20-/m1/s1. The van der Waals surface area contributed by atoms with Gasteiger partial charge in [-0.25, -0.2) is 19.5 Å². The normalized spacial score (nSPS) is 31.3. The van der Waals surface area contributed by atoms with Gasteiger partial charge in [0.1, 0.15) is 54.4 Å². The van der Waals surface area contributed by atoms with Gasteiger partial charge in [0.25, 0.3) is 5.56 Å². The molecular weight excluding hydrogens is 585 g/mol. The minimum atomic E-state index is -5.04. The van der Waals surface area contributed by atoms with Gasteiger partial charge in [-0.15, -0.1) is 0 Å². The Bertz CT molecular complexity index is 1730. The summed E-state index contributed by atoms with van der Waals surface area (Å²) in [6.45, 7) is -1.42. The molecule has 2 aliphatic rings. The number of aliphatic hydroxyl groups is 4. The van der Waals surface area contributed by atoms with Crippen molar-refractivity contribution >= 4 is 41.8 Å². The molecule has 2 saturated heterocycles. The molecule has 4 aromatic heterocycles. The number of nitrogens with zero attached hydrogens (tertiary/aromatic N) is 6. The Hall–Kier alpha value is -3.56. The molecule has 1 unspecified atom stereocenters. The number of imidazole rings is 1. The van der Waals surface area contributed by atoms with Crippen molar-refractivity contribution in [1.82, 2.24) is 34.1 Å². The fraction of sp³-hybridized carbons (Fsp3) is 0.476. The predicted molar refractivity (Wildman–Crippen MR) is 138 cm³/mol. The number of aromatic amines is 1. The molecule has 0 aromatic carbocycles. The Morgan fingerprint density at radius 3 is 2.55 bits per heavy atom. The molecule has 2 aliphatic heterocycles. The topological polar surface area (TPSA) is 301 Å². The Balaban J connectivity index is 1.19. The smallest absolute Gasteiger partial charge is 0.394 e. The van der Waals surface area contributed by atoms with Crippen molar-refractivity contribution in [2.24, 2.45) is 0 Å². The summed E-state index contributed by atoms with van der Waals surface area (Å²) in [4.78, 5) is 40.9. The van der Waals surface area contributed by atoms with Crippen LogP contribution in [0.5, 0.6) is 0 Å². The highest BCUT2D eigenvalue weighted by atomic mass is 31.2. The van der Waals surface area contributed by atoms with E-state index in [2.05, 4.69) is 24.9 Å². The van der Waals surface area contributed by atoms with Gasteiger partial charge < -0.3 is 50.8 Å². The number of phosphoric ester groups is 1. The van der Waals surface area contributed by atoms with Crippen LogP contribution in [0.1, 0.15) is 12.5 Å². The maximum absolute atomic E-state index is 13.0. The maximum Gasteiger partial charge on any atom is 0.472 e. The molecule has 10 N–H and O–H groups in total. The van der Waals surface area contributed by atoms with Crippen LogP contribution in [0.4, 0.5) is 11.8 Å². The van der Waals surface area contributed by atoms with Gasteiger partial charge in [0, 0.05) is 6.20 Å². The van der Waals surface area contributed by atoms with Crippen LogP contribution in [-0.4, -0.2) is 109 Å². The summed E-state index contributed by atoms with van der Waals surface area (Å²) in [6, 6.07) is 1.60. The number of nitrogens with two attached hydrogens (primary N) is 2. The van der Waals surface area contributed by atoms with Crippen molar-refractivity contribution < 1.29 is 48.4 Å². The molecule has 0 amide bonds. The lowest BCUT2D eigenvalue weighted by Crippen LogP contribution is -2.36. The summed E-state index contributed by atoms with van der Waals surface area (Å²) in [7, 11) is -5.04. The summed E-state index contributed by atoms with van der Waals surface area (Å²) in [5, 5.41) is 42.0. The highest BCUT2D eigenvalue weighted by molar-refractivity contribution is 7.47. The van der Waals surface area contributed by atoms with Gasteiger partial charge in [0.2, 0.25) is 5.95 Å². The van der Waals surface area contributed by atoms with Crippen molar-refractivity contribution in [3.8, 4) is 0 Å². The molecule has 6 heterocycles. The van der Waals surface area contributed by atoms with Gasteiger partial charge in [-0.1, -0.05) is 0 Å². The molecule has 2 fully saturated rings. The van der Waals surface area contributed by atoms with Crippen molar-refractivity contribution in [1.29, 1.82) is 0 Å². The van der Waals surface area contributed by atoms with E-state index in [1.807, 2.05) is 0 Å². The van der Waals surface area contributed by atoms with Gasteiger partial charge in [0.05, 0.1) is 24.9 Å². The van der Waals surface area contributed by atoms with Gasteiger partial charge in [-0.3, -0.25) is 23.4 Å². The second-order valence-electron chi connectivity index (χ2n) is 9.61. The third-order valence-electron chi connectivity index (χ3n) is 7.03. The number of phosphoric acid groups is 1. The summed E-state index contributed by atoms with van der Waals surface area (Å²) >= 11 is 0. The minimum Gasteiger partial charge on any atom is -0.394 e. The molecule has 0 saturated carbocycles. The third kappa shape index (κ3) is 4.82. The summed E-state index contributed by atoms with van der Waals surface area (Å²) < 4.78 is 37.2. The van der Waals surface area contributed by atoms with Gasteiger partial charge >= 0.3 is 7.82 Å². The zero-order valence-corrected chi connectivity index (χ0v) is 22.2. The summed E-state index contributed by atoms with van der Waals surface area (Å²) in [5.74, 6) is -0.0563. The predicted octanol–water partition coefficient (Wildman–Crippen LogP) is -2.90. The van der Waals surface area contributed by atoms with E-state index in [-0.39, 0.29) is 22.9 Å². The number of nitrogen functional groups attached to an aromatic ring is 2. The molecule has 6 rings (SSSR count). The Labute approximate surface area is 233 Å². The molecule has 20 nitrogen and oxygen atoms in total. The van der Waals surface area contributed by atoms with Crippen molar-refractivity contribution in [3.05, 3.63) is 35.3 Å². The van der Waals surface area contributed by atoms with Crippen molar-refractivity contribution in [3.63, 3.8) is 0 Å². The number of ether oxygens (including phenoxy) is 2. The SMILES string of the molecule is Nc1nc2c(ncn2[C@@H]2O[C@H](CO)[C@@H](O)[C@H]2OP(=O)(O)OC[C@H]2O[C@@H](n3ccc4c(N)ncnc43)[C@H](O)[C@@H]2O)c(=O)[nH]1. The fourth-order valence-corrected chi connectivity index (χ4v) is 5.91. The van der Waals surface area contributed by atoms with E-state index in [1.54, 1.807) is 6.07 Å². The number of anilines is 2. The average Bonchev–Trinajstić information content (AvgIpc) is 3.69. The lowest BCUT2D eigenvalue weighted by molar-refractivity contribution is -0.0614. The highest BCUT2D eigenvalue weighted by Crippen LogP contribution is 2.50. The number of nitrogens with one attached hydrogen (secondary N) is 1. The van der Waals surface area contributed by atoms with Crippen molar-refractivity contribution in [2.45, 2.75) is 49.1 Å². The van der Waals surface area contributed by atoms with Crippen LogP contribution >= 0.6 is 7.82 Å². The molecule has 21 heteroatoms. The molecule has 4 aromatic rings. The van der Waals surface area contributed by atoms with E-state index in [1.165, 1.54) is 17.1 Å². The number of H-pyrrole nitrogens is 1. The van der Waals surface area contributed by atoms with Crippen LogP contribution in [0.3, 0.4) is 0 Å². The van der Waals surface area contributed by atoms with Crippen LogP contribution in [0.2, 0.25) is 0 Å². The van der Waals surface area contributed by atoms with Crippen LogP contribution in [0.25, 0.3) is 22.2 Å². The number of hydrogen-bond acceptors (Lipinski definition) is 16. The number of aliphatic hydroxyl groups excluding tert-OH is 4.